The van der Waals surface area contributed by atoms with Crippen LogP contribution in [0.4, 0.5) is 0 Å². The van der Waals surface area contributed by atoms with Gasteiger partial charge in [0.15, 0.2) is 0 Å². The van der Waals surface area contributed by atoms with Gasteiger partial charge < -0.3 is 0 Å². The maximum atomic E-state index is 4.37. The first-order valence-electron chi connectivity index (χ1n) is 9.07. The third kappa shape index (κ3) is 3.66. The summed E-state index contributed by atoms with van der Waals surface area (Å²) in [6, 6.07) is 24.2. The normalized spacial score (nSPS) is 10.5. The van der Waals surface area contributed by atoms with Crippen molar-refractivity contribution < 1.29 is 17.1 Å². The van der Waals surface area contributed by atoms with E-state index in [1.165, 1.54) is 0 Å². The van der Waals surface area contributed by atoms with Crippen LogP contribution in [0, 0.1) is 0 Å². The molecule has 4 nitrogen and oxygen atoms in total. The predicted octanol–water partition coefficient (Wildman–Crippen LogP) is 5.56. The molecule has 6 aromatic rings. The van der Waals surface area contributed by atoms with Crippen LogP contribution in [0.1, 0.15) is 0 Å². The molecule has 6 rings (SSSR count). The van der Waals surface area contributed by atoms with Crippen LogP contribution in [0.5, 0.6) is 0 Å². The number of hydrogen-bond donors (Lipinski definition) is 0. The van der Waals surface area contributed by atoms with Gasteiger partial charge in [-0.1, -0.05) is 24.3 Å². The Kier molecular flexibility index (Phi) is 5.43. The number of benzene rings is 2. The number of hydrogen-bond acceptors (Lipinski definition) is 4. The van der Waals surface area contributed by atoms with Crippen LogP contribution in [-0.2, 0) is 17.1 Å². The molecule has 0 saturated carbocycles. The second kappa shape index (κ2) is 8.31. The molecule has 4 aromatic heterocycles. The first-order valence-corrected chi connectivity index (χ1v) is 9.07. The van der Waals surface area contributed by atoms with Gasteiger partial charge in [-0.05, 0) is 48.5 Å². The number of rotatable bonds is 0. The average molecular weight is 416 g/mol. The summed E-state index contributed by atoms with van der Waals surface area (Å²) in [4.78, 5) is 17.3. The average Bonchev–Trinajstić information content (AvgIpc) is 2.79. The van der Waals surface area contributed by atoms with Crippen molar-refractivity contribution in [2.75, 3.05) is 0 Å². The zero-order valence-corrected chi connectivity index (χ0v) is 16.5. The Balaban J connectivity index is 0.000000137. The molecule has 140 valence electrons. The Morgan fingerprint density at radius 3 is 1.31 bits per heavy atom. The van der Waals surface area contributed by atoms with E-state index in [9.17, 15) is 0 Å². The van der Waals surface area contributed by atoms with E-state index in [2.05, 4.69) is 56.3 Å². The number of nitrogens with zero attached hydrogens (tertiary/aromatic N) is 4. The van der Waals surface area contributed by atoms with Crippen molar-refractivity contribution in [1.82, 2.24) is 19.9 Å². The molecule has 5 heteroatoms. The van der Waals surface area contributed by atoms with Gasteiger partial charge in [0.1, 0.15) is 0 Å². The number of pyridine rings is 4. The van der Waals surface area contributed by atoms with Gasteiger partial charge in [0.05, 0.1) is 22.1 Å². The van der Waals surface area contributed by atoms with E-state index in [1.807, 2.05) is 48.8 Å². The standard InChI is InChI=1S/2C12H8N2.Fe/c2*1-3-9-5-6-11-10(4-2-7-13-11)12(9)14-8-1;/h2*1-8H;. The van der Waals surface area contributed by atoms with Crippen molar-refractivity contribution in [3.8, 4) is 0 Å². The molecule has 0 fully saturated rings. The minimum atomic E-state index is 0. The van der Waals surface area contributed by atoms with Crippen molar-refractivity contribution in [2.24, 2.45) is 0 Å². The summed E-state index contributed by atoms with van der Waals surface area (Å²) in [6.07, 6.45) is 7.23. The second-order valence-electron chi connectivity index (χ2n) is 6.42. The van der Waals surface area contributed by atoms with Crippen LogP contribution in [0.15, 0.2) is 97.6 Å². The third-order valence-corrected chi connectivity index (χ3v) is 4.71. The molecule has 29 heavy (non-hydrogen) atoms. The van der Waals surface area contributed by atoms with Crippen LogP contribution >= 0.6 is 0 Å². The third-order valence-electron chi connectivity index (χ3n) is 4.71. The summed E-state index contributed by atoms with van der Waals surface area (Å²) < 4.78 is 0. The van der Waals surface area contributed by atoms with Crippen molar-refractivity contribution in [3.63, 3.8) is 0 Å². The predicted molar refractivity (Wildman–Crippen MR) is 114 cm³/mol. The minimum Gasteiger partial charge on any atom is -0.256 e. The summed E-state index contributed by atoms with van der Waals surface area (Å²) in [5.41, 5.74) is 4.05. The second-order valence-corrected chi connectivity index (χ2v) is 6.42. The van der Waals surface area contributed by atoms with Crippen LogP contribution in [0.3, 0.4) is 0 Å². The molecular weight excluding hydrogens is 400 g/mol. The van der Waals surface area contributed by atoms with E-state index in [0.717, 1.165) is 43.6 Å². The Morgan fingerprint density at radius 1 is 0.414 bits per heavy atom. The van der Waals surface area contributed by atoms with Crippen LogP contribution in [0.2, 0.25) is 0 Å². The van der Waals surface area contributed by atoms with Gasteiger partial charge in [0, 0.05) is 63.4 Å². The molecule has 0 spiro atoms. The fraction of sp³-hybridized carbons (Fsp3) is 0. The van der Waals surface area contributed by atoms with Gasteiger partial charge in [0.2, 0.25) is 0 Å². The van der Waals surface area contributed by atoms with E-state index in [1.54, 1.807) is 12.4 Å². The largest absolute Gasteiger partial charge is 0.256 e. The molecule has 2 aromatic carbocycles. The van der Waals surface area contributed by atoms with Crippen LogP contribution < -0.4 is 0 Å². The minimum absolute atomic E-state index is 0. The van der Waals surface area contributed by atoms with E-state index >= 15 is 0 Å². The van der Waals surface area contributed by atoms with Gasteiger partial charge >= 0.3 is 0 Å². The van der Waals surface area contributed by atoms with Crippen molar-refractivity contribution in [1.29, 1.82) is 0 Å². The SMILES string of the molecule is [Fe].c1cnc2c(c1)ccc1ncccc12.c1cnc2c(c1)ccc1ncccc12. The summed E-state index contributed by atoms with van der Waals surface area (Å²) in [5.74, 6) is 0. The van der Waals surface area contributed by atoms with E-state index in [0.29, 0.717) is 0 Å². The summed E-state index contributed by atoms with van der Waals surface area (Å²) in [6.45, 7) is 0. The van der Waals surface area contributed by atoms with Gasteiger partial charge in [-0.3, -0.25) is 19.9 Å². The number of aromatic nitrogens is 4. The molecule has 0 amide bonds. The maximum absolute atomic E-state index is 4.37. The van der Waals surface area contributed by atoms with Crippen LogP contribution in [0.25, 0.3) is 43.6 Å². The molecule has 0 aliphatic heterocycles. The van der Waals surface area contributed by atoms with E-state index in [4.69, 9.17) is 0 Å². The summed E-state index contributed by atoms with van der Waals surface area (Å²) >= 11 is 0. The smallest absolute Gasteiger partial charge is 0.0795 e. The van der Waals surface area contributed by atoms with Crippen molar-refractivity contribution in [2.45, 2.75) is 0 Å². The van der Waals surface area contributed by atoms with Gasteiger partial charge in [-0.15, -0.1) is 0 Å². The van der Waals surface area contributed by atoms with E-state index in [-0.39, 0.29) is 17.1 Å². The molecule has 0 saturated heterocycles. The van der Waals surface area contributed by atoms with Crippen LogP contribution in [-0.4, -0.2) is 19.9 Å². The molecule has 0 unspecified atom stereocenters. The van der Waals surface area contributed by atoms with Gasteiger partial charge in [0.25, 0.3) is 0 Å². The Labute approximate surface area is 178 Å². The van der Waals surface area contributed by atoms with Crippen molar-refractivity contribution in [3.05, 3.63) is 97.6 Å². The topological polar surface area (TPSA) is 51.6 Å². The molecule has 0 aliphatic carbocycles. The molecule has 0 aliphatic rings. The Bertz CT molecular complexity index is 1210. The van der Waals surface area contributed by atoms with E-state index < -0.39 is 0 Å². The maximum Gasteiger partial charge on any atom is 0.0795 e. The zero-order chi connectivity index (χ0) is 18.8. The molecule has 0 N–H and O–H groups in total. The first-order chi connectivity index (χ1) is 13.9. The molecule has 0 bridgehead atoms. The molecule has 0 radical (unpaired) electrons. The van der Waals surface area contributed by atoms with Crippen molar-refractivity contribution >= 4 is 43.6 Å². The van der Waals surface area contributed by atoms with Gasteiger partial charge in [-0.2, -0.15) is 0 Å². The molecule has 4 heterocycles. The summed E-state index contributed by atoms with van der Waals surface area (Å²) in [5, 5.41) is 4.55. The van der Waals surface area contributed by atoms with Gasteiger partial charge in [-0.25, -0.2) is 0 Å². The fourth-order valence-corrected chi connectivity index (χ4v) is 3.39. The zero-order valence-electron chi connectivity index (χ0n) is 15.4. The molecule has 0 atom stereocenters. The number of fused-ring (bicyclic) bond motifs is 6. The fourth-order valence-electron chi connectivity index (χ4n) is 3.39. The summed E-state index contributed by atoms with van der Waals surface area (Å²) in [7, 11) is 0. The quantitative estimate of drug-likeness (QED) is 0.240. The first kappa shape index (κ1) is 18.9. The molecular formula is C24H16FeN4. The Morgan fingerprint density at radius 2 is 0.828 bits per heavy atom. The Hall–Kier alpha value is -3.40. The monoisotopic (exact) mass is 416 g/mol.